The van der Waals surface area contributed by atoms with Crippen LogP contribution in [-0.2, 0) is 41.8 Å². The molecule has 4 atom stereocenters. The summed E-state index contributed by atoms with van der Waals surface area (Å²) >= 11 is 3.43. The van der Waals surface area contributed by atoms with Gasteiger partial charge in [-0.2, -0.15) is 0 Å². The molecule has 0 unspecified atom stereocenters. The van der Waals surface area contributed by atoms with Crippen LogP contribution in [0.4, 0.5) is 0 Å². The predicted octanol–water partition coefficient (Wildman–Crippen LogP) is 3.67. The molecule has 0 bridgehead atoms. The fourth-order valence-corrected chi connectivity index (χ4v) is 3.71. The van der Waals surface area contributed by atoms with Crippen LogP contribution < -0.4 is 0 Å². The predicted molar refractivity (Wildman–Crippen MR) is 101 cm³/mol. The second-order valence-electron chi connectivity index (χ2n) is 7.15. The summed E-state index contributed by atoms with van der Waals surface area (Å²) in [5, 5.41) is 0. The third-order valence-corrected chi connectivity index (χ3v) is 5.39. The number of rotatable bonds is 6. The normalized spacial score (nSPS) is 27.5. The Kier molecular flexibility index (Phi) is 6.89. The summed E-state index contributed by atoms with van der Waals surface area (Å²) in [5.74, 6) is -0.700. The van der Waals surface area contributed by atoms with Crippen LogP contribution in [0.3, 0.4) is 0 Å². The third kappa shape index (κ3) is 5.53. The highest BCUT2D eigenvalue weighted by molar-refractivity contribution is 9.10. The summed E-state index contributed by atoms with van der Waals surface area (Å²) in [7, 11) is 0. The van der Waals surface area contributed by atoms with E-state index in [9.17, 15) is 9.59 Å². The van der Waals surface area contributed by atoms with Crippen molar-refractivity contribution >= 4 is 27.9 Å². The van der Waals surface area contributed by atoms with E-state index in [0.717, 1.165) is 28.4 Å². The molecular weight excluding hydrogens is 416 g/mol. The average molecular weight is 441 g/mol. The van der Waals surface area contributed by atoms with Gasteiger partial charge >= 0.3 is 11.9 Å². The molecule has 0 saturated carbocycles. The van der Waals surface area contributed by atoms with E-state index in [4.69, 9.17) is 18.9 Å². The van der Waals surface area contributed by atoms with Crippen LogP contribution in [0.2, 0.25) is 0 Å². The van der Waals surface area contributed by atoms with Gasteiger partial charge in [-0.05, 0) is 62.8 Å². The SMILES string of the molecule is C[C@@H]1CC[C@H](C(=O)OCc2ccc(Br)cc2COC(=O)[C@@H]2CC[C@H](C)O2)O1. The summed E-state index contributed by atoms with van der Waals surface area (Å²) in [5.41, 5.74) is 1.59. The Morgan fingerprint density at radius 1 is 0.926 bits per heavy atom. The fraction of sp³-hybridized carbons (Fsp3) is 0.600. The number of halogens is 1. The van der Waals surface area contributed by atoms with E-state index >= 15 is 0 Å². The Labute approximate surface area is 167 Å². The maximum atomic E-state index is 12.2. The number of carbonyl (C=O) groups is 2. The zero-order chi connectivity index (χ0) is 19.4. The summed E-state index contributed by atoms with van der Waals surface area (Å²) in [6, 6.07) is 5.58. The summed E-state index contributed by atoms with van der Waals surface area (Å²) in [4.78, 5) is 24.3. The number of hydrogen-bond acceptors (Lipinski definition) is 6. The molecule has 0 aromatic heterocycles. The number of hydrogen-bond donors (Lipinski definition) is 0. The second-order valence-corrected chi connectivity index (χ2v) is 8.07. The lowest BCUT2D eigenvalue weighted by atomic mass is 10.1. The average Bonchev–Trinajstić information content (AvgIpc) is 3.27. The van der Waals surface area contributed by atoms with Gasteiger partial charge in [0.15, 0.2) is 12.2 Å². The molecule has 2 aliphatic rings. The number of esters is 2. The molecule has 2 saturated heterocycles. The molecule has 7 heteroatoms. The van der Waals surface area contributed by atoms with Crippen LogP contribution in [-0.4, -0.2) is 36.4 Å². The number of carbonyl (C=O) groups excluding carboxylic acids is 2. The molecule has 0 spiro atoms. The molecule has 0 radical (unpaired) electrons. The van der Waals surface area contributed by atoms with Crippen LogP contribution in [0, 0.1) is 0 Å². The Hall–Kier alpha value is -1.44. The summed E-state index contributed by atoms with van der Waals surface area (Å²) in [6.07, 6.45) is 2.29. The van der Waals surface area contributed by atoms with E-state index in [0.29, 0.717) is 12.8 Å². The molecule has 2 fully saturated rings. The first-order chi connectivity index (χ1) is 12.9. The Balaban J connectivity index is 1.56. The largest absolute Gasteiger partial charge is 0.459 e. The van der Waals surface area contributed by atoms with Gasteiger partial charge in [-0.1, -0.05) is 22.0 Å². The van der Waals surface area contributed by atoms with Gasteiger partial charge in [0.1, 0.15) is 13.2 Å². The topological polar surface area (TPSA) is 71.1 Å². The van der Waals surface area contributed by atoms with Crippen LogP contribution >= 0.6 is 15.9 Å². The molecule has 3 rings (SSSR count). The van der Waals surface area contributed by atoms with E-state index in [2.05, 4.69) is 15.9 Å². The van der Waals surface area contributed by atoms with Gasteiger partial charge in [0.2, 0.25) is 0 Å². The highest BCUT2D eigenvalue weighted by Crippen LogP contribution is 2.24. The minimum absolute atomic E-state index is 0.0870. The molecule has 1 aromatic carbocycles. The van der Waals surface area contributed by atoms with Gasteiger partial charge in [-0.3, -0.25) is 0 Å². The molecular formula is C20H25BrO6. The van der Waals surface area contributed by atoms with Gasteiger partial charge in [-0.25, -0.2) is 9.59 Å². The van der Waals surface area contributed by atoms with Crippen LogP contribution in [0.1, 0.15) is 50.7 Å². The fourth-order valence-electron chi connectivity index (χ4n) is 3.31. The van der Waals surface area contributed by atoms with E-state index in [1.807, 2.05) is 32.0 Å². The quantitative estimate of drug-likeness (QED) is 0.628. The van der Waals surface area contributed by atoms with Crippen LogP contribution in [0.25, 0.3) is 0 Å². The first-order valence-corrected chi connectivity index (χ1v) is 10.1. The summed E-state index contributed by atoms with van der Waals surface area (Å²) in [6.45, 7) is 4.12. The lowest BCUT2D eigenvalue weighted by molar-refractivity contribution is -0.158. The zero-order valence-electron chi connectivity index (χ0n) is 15.6. The molecule has 0 amide bonds. The van der Waals surface area contributed by atoms with E-state index in [1.54, 1.807) is 0 Å². The first kappa shape index (κ1) is 20.3. The lowest BCUT2D eigenvalue weighted by Crippen LogP contribution is -2.24. The Morgan fingerprint density at radius 2 is 1.44 bits per heavy atom. The van der Waals surface area contributed by atoms with E-state index in [1.165, 1.54) is 0 Å². The maximum Gasteiger partial charge on any atom is 0.335 e. The van der Waals surface area contributed by atoms with E-state index in [-0.39, 0.29) is 37.4 Å². The van der Waals surface area contributed by atoms with Crippen molar-refractivity contribution in [2.45, 2.75) is 77.2 Å². The smallest absolute Gasteiger partial charge is 0.335 e. The van der Waals surface area contributed by atoms with Crippen molar-refractivity contribution in [1.82, 2.24) is 0 Å². The molecule has 0 aliphatic carbocycles. The number of ether oxygens (including phenoxy) is 4. The molecule has 6 nitrogen and oxygen atoms in total. The van der Waals surface area contributed by atoms with Gasteiger partial charge in [0.05, 0.1) is 12.2 Å². The van der Waals surface area contributed by atoms with Crippen molar-refractivity contribution in [3.63, 3.8) is 0 Å². The van der Waals surface area contributed by atoms with Crippen molar-refractivity contribution in [2.24, 2.45) is 0 Å². The monoisotopic (exact) mass is 440 g/mol. The summed E-state index contributed by atoms with van der Waals surface area (Å²) < 4.78 is 22.8. The Morgan fingerprint density at radius 3 is 1.93 bits per heavy atom. The second kappa shape index (κ2) is 9.17. The van der Waals surface area contributed by atoms with Gasteiger partial charge in [0, 0.05) is 4.47 Å². The third-order valence-electron chi connectivity index (χ3n) is 4.90. The minimum atomic E-state index is -0.491. The van der Waals surface area contributed by atoms with Gasteiger partial charge in [-0.15, -0.1) is 0 Å². The van der Waals surface area contributed by atoms with Crippen molar-refractivity contribution in [2.75, 3.05) is 0 Å². The van der Waals surface area contributed by atoms with Crippen molar-refractivity contribution < 1.29 is 28.5 Å². The standard InChI is InChI=1S/C20H25BrO6/c1-12-3-7-17(26-12)19(22)24-10-14-5-6-16(21)9-15(14)11-25-20(23)18-8-4-13(2)27-18/h5-6,9,12-13,17-18H,3-4,7-8,10-11H2,1-2H3/t12-,13+,17-,18+/m1/s1. The molecule has 27 heavy (non-hydrogen) atoms. The van der Waals surface area contributed by atoms with Gasteiger partial charge in [0.25, 0.3) is 0 Å². The van der Waals surface area contributed by atoms with Crippen LogP contribution in [0.15, 0.2) is 22.7 Å². The van der Waals surface area contributed by atoms with Crippen molar-refractivity contribution in [1.29, 1.82) is 0 Å². The maximum absolute atomic E-state index is 12.2. The van der Waals surface area contributed by atoms with E-state index < -0.39 is 12.2 Å². The van der Waals surface area contributed by atoms with Gasteiger partial charge < -0.3 is 18.9 Å². The minimum Gasteiger partial charge on any atom is -0.459 e. The first-order valence-electron chi connectivity index (χ1n) is 9.34. The van der Waals surface area contributed by atoms with Crippen molar-refractivity contribution in [3.05, 3.63) is 33.8 Å². The molecule has 0 N–H and O–H groups in total. The molecule has 2 heterocycles. The highest BCUT2D eigenvalue weighted by Gasteiger charge is 2.30. The molecule has 2 aliphatic heterocycles. The van der Waals surface area contributed by atoms with Crippen molar-refractivity contribution in [3.8, 4) is 0 Å². The lowest BCUT2D eigenvalue weighted by Gasteiger charge is -2.15. The Bertz CT molecular complexity index is 691. The molecule has 148 valence electrons. The zero-order valence-corrected chi connectivity index (χ0v) is 17.2. The number of benzene rings is 1. The highest BCUT2D eigenvalue weighted by atomic mass is 79.9. The molecule has 1 aromatic rings. The van der Waals surface area contributed by atoms with Crippen LogP contribution in [0.5, 0.6) is 0 Å².